The predicted octanol–water partition coefficient (Wildman–Crippen LogP) is 5.38. The van der Waals surface area contributed by atoms with Crippen LogP contribution in [0.1, 0.15) is 35.1 Å². The fourth-order valence-corrected chi connectivity index (χ4v) is 4.74. The van der Waals surface area contributed by atoms with Crippen molar-refractivity contribution in [3.05, 3.63) is 95.1 Å². The highest BCUT2D eigenvalue weighted by molar-refractivity contribution is 5.78. The van der Waals surface area contributed by atoms with E-state index in [1.54, 1.807) is 0 Å². The Bertz CT molecular complexity index is 1270. The number of likely N-dealkylation sites (tertiary alicyclic amines) is 1. The first-order valence-electron chi connectivity index (χ1n) is 12.2. The number of anilines is 1. The number of para-hydroxylation sites is 2. The van der Waals surface area contributed by atoms with Gasteiger partial charge in [-0.25, -0.2) is 4.98 Å². The zero-order valence-corrected chi connectivity index (χ0v) is 19.7. The van der Waals surface area contributed by atoms with Gasteiger partial charge in [0.15, 0.2) is 0 Å². The fraction of sp³-hybridized carbons (Fsp3) is 0.310. The lowest BCUT2D eigenvalue weighted by atomic mass is 10.0. The summed E-state index contributed by atoms with van der Waals surface area (Å²) in [5, 5.41) is 12.8. The summed E-state index contributed by atoms with van der Waals surface area (Å²) in [4.78, 5) is 7.51. The average Bonchev–Trinajstić information content (AvgIpc) is 3.22. The van der Waals surface area contributed by atoms with E-state index in [0.29, 0.717) is 11.6 Å². The van der Waals surface area contributed by atoms with E-state index < -0.39 is 0 Å². The molecule has 172 valence electrons. The molecule has 1 aromatic heterocycles. The number of aromatic nitrogens is 2. The molecule has 1 fully saturated rings. The molecule has 0 spiro atoms. The van der Waals surface area contributed by atoms with Crippen LogP contribution in [0.25, 0.3) is 11.0 Å². The zero-order valence-electron chi connectivity index (χ0n) is 19.7. The van der Waals surface area contributed by atoms with Crippen molar-refractivity contribution in [3.8, 4) is 6.07 Å². The van der Waals surface area contributed by atoms with Gasteiger partial charge in [0.05, 0.1) is 29.2 Å². The van der Waals surface area contributed by atoms with Gasteiger partial charge in [0.2, 0.25) is 5.95 Å². The highest BCUT2D eigenvalue weighted by Crippen LogP contribution is 2.24. The SMILES string of the molecule is Cc1ccc(CCN2CCC(Nc3nc4ccccc4n3Cc3ccc(C#N)cc3)CC2)cc1. The van der Waals surface area contributed by atoms with Gasteiger partial charge in [-0.2, -0.15) is 5.26 Å². The number of hydrogen-bond acceptors (Lipinski definition) is 4. The Balaban J connectivity index is 1.23. The molecule has 0 aliphatic carbocycles. The molecule has 1 N–H and O–H groups in total. The van der Waals surface area contributed by atoms with Gasteiger partial charge in [-0.3, -0.25) is 0 Å². The van der Waals surface area contributed by atoms with E-state index in [-0.39, 0.29) is 0 Å². The van der Waals surface area contributed by atoms with Gasteiger partial charge in [-0.15, -0.1) is 0 Å². The molecule has 1 aliphatic heterocycles. The summed E-state index contributed by atoms with van der Waals surface area (Å²) in [5.41, 5.74) is 6.73. The number of hydrogen-bond donors (Lipinski definition) is 1. The second kappa shape index (κ2) is 10.1. The molecule has 5 nitrogen and oxygen atoms in total. The Hall–Kier alpha value is -3.62. The summed E-state index contributed by atoms with van der Waals surface area (Å²) in [6.07, 6.45) is 3.35. The van der Waals surface area contributed by atoms with Gasteiger partial charge in [0, 0.05) is 25.7 Å². The van der Waals surface area contributed by atoms with Crippen LogP contribution in [-0.2, 0) is 13.0 Å². The number of benzene rings is 3. The number of fused-ring (bicyclic) bond motifs is 1. The molecule has 0 unspecified atom stereocenters. The molecule has 3 aromatic carbocycles. The average molecular weight is 450 g/mol. The third kappa shape index (κ3) is 5.13. The smallest absolute Gasteiger partial charge is 0.204 e. The quantitative estimate of drug-likeness (QED) is 0.411. The van der Waals surface area contributed by atoms with E-state index in [1.807, 2.05) is 30.3 Å². The van der Waals surface area contributed by atoms with Crippen molar-refractivity contribution >= 4 is 17.0 Å². The van der Waals surface area contributed by atoms with Crippen LogP contribution in [0.15, 0.2) is 72.8 Å². The number of rotatable bonds is 7. The van der Waals surface area contributed by atoms with E-state index >= 15 is 0 Å². The highest BCUT2D eigenvalue weighted by Gasteiger charge is 2.21. The Labute approximate surface area is 201 Å². The van der Waals surface area contributed by atoms with Gasteiger partial charge in [-0.05, 0) is 61.6 Å². The van der Waals surface area contributed by atoms with Crippen LogP contribution in [0, 0.1) is 18.3 Å². The molecule has 4 aromatic rings. The lowest BCUT2D eigenvalue weighted by Crippen LogP contribution is -2.40. The van der Waals surface area contributed by atoms with Crippen molar-refractivity contribution in [2.45, 2.75) is 38.8 Å². The van der Waals surface area contributed by atoms with Crippen LogP contribution in [0.5, 0.6) is 0 Å². The Morgan fingerprint density at radius 3 is 2.38 bits per heavy atom. The first kappa shape index (κ1) is 22.2. The molecule has 2 heterocycles. The van der Waals surface area contributed by atoms with E-state index in [0.717, 1.165) is 68.0 Å². The first-order valence-corrected chi connectivity index (χ1v) is 12.2. The molecule has 34 heavy (non-hydrogen) atoms. The van der Waals surface area contributed by atoms with Gasteiger partial charge in [0.1, 0.15) is 0 Å². The normalized spacial score (nSPS) is 14.8. The van der Waals surface area contributed by atoms with Crippen molar-refractivity contribution in [3.63, 3.8) is 0 Å². The maximum Gasteiger partial charge on any atom is 0.204 e. The van der Waals surface area contributed by atoms with Gasteiger partial charge < -0.3 is 14.8 Å². The molecule has 0 radical (unpaired) electrons. The van der Waals surface area contributed by atoms with Gasteiger partial charge >= 0.3 is 0 Å². The van der Waals surface area contributed by atoms with Crippen LogP contribution >= 0.6 is 0 Å². The van der Waals surface area contributed by atoms with Crippen molar-refractivity contribution in [1.29, 1.82) is 5.26 Å². The number of aryl methyl sites for hydroxylation is 1. The molecular weight excluding hydrogens is 418 g/mol. The summed E-state index contributed by atoms with van der Waals surface area (Å²) in [5.74, 6) is 0.934. The number of imidazole rings is 1. The molecular formula is C29H31N5. The van der Waals surface area contributed by atoms with Gasteiger partial charge in [-0.1, -0.05) is 54.1 Å². The van der Waals surface area contributed by atoms with Crippen LogP contribution in [0.3, 0.4) is 0 Å². The largest absolute Gasteiger partial charge is 0.353 e. The second-order valence-electron chi connectivity index (χ2n) is 9.31. The summed E-state index contributed by atoms with van der Waals surface area (Å²) >= 11 is 0. The molecule has 0 saturated carbocycles. The number of nitriles is 1. The summed E-state index contributed by atoms with van der Waals surface area (Å²) in [6.45, 7) is 6.20. The van der Waals surface area contributed by atoms with Crippen molar-refractivity contribution < 1.29 is 0 Å². The molecule has 5 heteroatoms. The minimum absolute atomic E-state index is 0.423. The molecule has 5 rings (SSSR count). The molecule has 1 saturated heterocycles. The van der Waals surface area contributed by atoms with E-state index in [9.17, 15) is 0 Å². The Morgan fingerprint density at radius 2 is 1.65 bits per heavy atom. The lowest BCUT2D eigenvalue weighted by Gasteiger charge is -2.32. The summed E-state index contributed by atoms with van der Waals surface area (Å²) in [6, 6.07) is 27.7. The summed E-state index contributed by atoms with van der Waals surface area (Å²) in [7, 11) is 0. The first-order chi connectivity index (χ1) is 16.7. The third-order valence-electron chi connectivity index (χ3n) is 6.84. The zero-order chi connectivity index (χ0) is 23.3. The highest BCUT2D eigenvalue weighted by atomic mass is 15.2. The predicted molar refractivity (Wildman–Crippen MR) is 138 cm³/mol. The van der Waals surface area contributed by atoms with E-state index in [2.05, 4.69) is 70.2 Å². The molecule has 0 amide bonds. The van der Waals surface area contributed by atoms with Crippen LogP contribution in [-0.4, -0.2) is 40.1 Å². The topological polar surface area (TPSA) is 56.9 Å². The molecule has 1 aliphatic rings. The van der Waals surface area contributed by atoms with Crippen molar-refractivity contribution in [2.24, 2.45) is 0 Å². The minimum atomic E-state index is 0.423. The second-order valence-corrected chi connectivity index (χ2v) is 9.31. The molecule has 0 atom stereocenters. The maximum atomic E-state index is 9.09. The maximum absolute atomic E-state index is 9.09. The lowest BCUT2D eigenvalue weighted by molar-refractivity contribution is 0.221. The van der Waals surface area contributed by atoms with Gasteiger partial charge in [0.25, 0.3) is 0 Å². The van der Waals surface area contributed by atoms with E-state index in [1.165, 1.54) is 11.1 Å². The van der Waals surface area contributed by atoms with Crippen molar-refractivity contribution in [2.75, 3.05) is 25.0 Å². The van der Waals surface area contributed by atoms with E-state index in [4.69, 9.17) is 10.2 Å². The van der Waals surface area contributed by atoms with Crippen LogP contribution in [0.2, 0.25) is 0 Å². The third-order valence-corrected chi connectivity index (χ3v) is 6.84. The number of piperidine rings is 1. The Morgan fingerprint density at radius 1 is 0.941 bits per heavy atom. The minimum Gasteiger partial charge on any atom is -0.353 e. The molecule has 0 bridgehead atoms. The number of nitrogens with one attached hydrogen (secondary N) is 1. The standard InChI is InChI=1S/C29H31N5/c1-22-6-8-23(9-7-22)14-17-33-18-15-26(16-19-33)31-29-32-27-4-2-3-5-28(27)34(29)21-25-12-10-24(20-30)11-13-25/h2-13,26H,14-19,21H2,1H3,(H,31,32). The van der Waals surface area contributed by atoms with Crippen molar-refractivity contribution in [1.82, 2.24) is 14.5 Å². The van der Waals surface area contributed by atoms with Crippen LogP contribution < -0.4 is 5.32 Å². The Kier molecular flexibility index (Phi) is 6.60. The monoisotopic (exact) mass is 449 g/mol. The number of nitrogens with zero attached hydrogens (tertiary/aromatic N) is 4. The summed E-state index contributed by atoms with van der Waals surface area (Å²) < 4.78 is 2.26. The van der Waals surface area contributed by atoms with Crippen LogP contribution in [0.4, 0.5) is 5.95 Å². The fourth-order valence-electron chi connectivity index (χ4n) is 4.74.